The number of nitrogens with one attached hydrogen (secondary N) is 1. The molecule has 0 radical (unpaired) electrons. The summed E-state index contributed by atoms with van der Waals surface area (Å²) < 4.78 is 23.6. The topological polar surface area (TPSA) is 50.8 Å². The first kappa shape index (κ1) is 15.7. The van der Waals surface area contributed by atoms with Crippen molar-refractivity contribution in [1.29, 1.82) is 0 Å². The number of amides is 1. The van der Waals surface area contributed by atoms with Gasteiger partial charge in [0.05, 0.1) is 13.2 Å². The largest absolute Gasteiger partial charge is 0.494 e. The van der Waals surface area contributed by atoms with Gasteiger partial charge in [-0.3, -0.25) is 4.79 Å². The maximum absolute atomic E-state index is 12.7. The van der Waals surface area contributed by atoms with E-state index >= 15 is 0 Å². The Bertz CT molecular complexity index is 447. The van der Waals surface area contributed by atoms with Gasteiger partial charge in [0, 0.05) is 26.7 Å². The zero-order valence-corrected chi connectivity index (χ0v) is 12.2. The molecule has 0 saturated carbocycles. The highest BCUT2D eigenvalue weighted by Gasteiger charge is 2.24. The Morgan fingerprint density at radius 1 is 1.48 bits per heavy atom. The van der Waals surface area contributed by atoms with E-state index in [-0.39, 0.29) is 17.8 Å². The van der Waals surface area contributed by atoms with Crippen LogP contribution in [0.1, 0.15) is 6.42 Å². The molecule has 0 aromatic heterocycles. The van der Waals surface area contributed by atoms with Crippen LogP contribution in [-0.2, 0) is 9.53 Å². The van der Waals surface area contributed by atoms with Gasteiger partial charge in [-0.15, -0.1) is 0 Å². The van der Waals surface area contributed by atoms with Gasteiger partial charge in [0.25, 0.3) is 5.91 Å². The second-order valence-corrected chi connectivity index (χ2v) is 4.98. The van der Waals surface area contributed by atoms with Crippen LogP contribution in [0.25, 0.3) is 0 Å². The molecule has 1 aliphatic rings. The van der Waals surface area contributed by atoms with Gasteiger partial charge >= 0.3 is 0 Å². The van der Waals surface area contributed by atoms with E-state index in [1.165, 1.54) is 12.1 Å². The molecule has 1 atom stereocenters. The Hall–Kier alpha value is -1.66. The fourth-order valence-electron chi connectivity index (χ4n) is 2.10. The van der Waals surface area contributed by atoms with Crippen molar-refractivity contribution in [3.63, 3.8) is 0 Å². The summed E-state index contributed by atoms with van der Waals surface area (Å²) in [6.45, 7) is 3.00. The first-order valence-corrected chi connectivity index (χ1v) is 7.12. The minimum Gasteiger partial charge on any atom is -0.494 e. The molecule has 116 valence electrons. The van der Waals surface area contributed by atoms with Gasteiger partial charge in [-0.1, -0.05) is 0 Å². The Morgan fingerprint density at radius 3 is 2.90 bits per heavy atom. The third kappa shape index (κ3) is 4.99. The summed E-state index contributed by atoms with van der Waals surface area (Å²) in [4.78, 5) is 13.7. The molecule has 5 nitrogen and oxygen atoms in total. The van der Waals surface area contributed by atoms with E-state index in [0.717, 1.165) is 6.54 Å². The third-order valence-electron chi connectivity index (χ3n) is 3.30. The van der Waals surface area contributed by atoms with Gasteiger partial charge in [-0.05, 0) is 30.7 Å². The lowest BCUT2D eigenvalue weighted by molar-refractivity contribution is -0.143. The second kappa shape index (κ2) is 7.95. The molecule has 1 N–H and O–H groups in total. The first-order chi connectivity index (χ1) is 10.2. The molecule has 1 saturated heterocycles. The molecule has 21 heavy (non-hydrogen) atoms. The number of halogens is 1. The number of carbonyl (C=O) groups excluding carboxylic acids is 1. The summed E-state index contributed by atoms with van der Waals surface area (Å²) in [7, 11) is 1.76. The van der Waals surface area contributed by atoms with E-state index in [1.54, 1.807) is 24.1 Å². The number of hydrogen-bond acceptors (Lipinski definition) is 4. The molecular formula is C15H21FN2O3. The molecular weight excluding hydrogens is 275 g/mol. The van der Waals surface area contributed by atoms with Crippen LogP contribution in [0.3, 0.4) is 0 Å². The standard InChI is InChI=1S/C15H21FN2O3/c1-18(15(19)14-11-17-7-10-21-14)8-2-9-20-13-5-3-12(16)4-6-13/h3-6,14,17H,2,7-11H2,1H3. The van der Waals surface area contributed by atoms with E-state index in [1.807, 2.05) is 0 Å². The number of hydrogen-bond donors (Lipinski definition) is 1. The molecule has 1 heterocycles. The van der Waals surface area contributed by atoms with E-state index in [2.05, 4.69) is 5.32 Å². The fraction of sp³-hybridized carbons (Fsp3) is 0.533. The highest BCUT2D eigenvalue weighted by Crippen LogP contribution is 2.11. The van der Waals surface area contributed by atoms with Gasteiger partial charge < -0.3 is 19.7 Å². The number of benzene rings is 1. The zero-order chi connectivity index (χ0) is 15.1. The average molecular weight is 296 g/mol. The number of carbonyl (C=O) groups is 1. The van der Waals surface area contributed by atoms with Crippen molar-refractivity contribution in [1.82, 2.24) is 10.2 Å². The Balaban J connectivity index is 1.65. The van der Waals surface area contributed by atoms with Crippen molar-refractivity contribution >= 4 is 5.91 Å². The molecule has 1 aromatic rings. The number of rotatable bonds is 6. The van der Waals surface area contributed by atoms with E-state index in [0.29, 0.717) is 38.5 Å². The summed E-state index contributed by atoms with van der Waals surface area (Å²) in [6, 6.07) is 5.90. The number of ether oxygens (including phenoxy) is 2. The molecule has 6 heteroatoms. The Labute approximate surface area is 124 Å². The molecule has 2 rings (SSSR count). The number of nitrogens with zero attached hydrogens (tertiary/aromatic N) is 1. The summed E-state index contributed by atoms with van der Waals surface area (Å²) in [5, 5.41) is 3.14. The summed E-state index contributed by atoms with van der Waals surface area (Å²) in [5.41, 5.74) is 0. The lowest BCUT2D eigenvalue weighted by Crippen LogP contribution is -2.48. The van der Waals surface area contributed by atoms with Crippen molar-refractivity contribution < 1.29 is 18.7 Å². The van der Waals surface area contributed by atoms with Gasteiger partial charge in [-0.25, -0.2) is 4.39 Å². The molecule has 0 aliphatic carbocycles. The van der Waals surface area contributed by atoms with Crippen LogP contribution in [-0.4, -0.2) is 56.8 Å². The fourth-order valence-corrected chi connectivity index (χ4v) is 2.10. The quantitative estimate of drug-likeness (QED) is 0.797. The minimum atomic E-state index is -0.387. The van der Waals surface area contributed by atoms with Gasteiger partial charge in [0.2, 0.25) is 0 Å². The molecule has 1 amide bonds. The smallest absolute Gasteiger partial charge is 0.252 e. The Morgan fingerprint density at radius 2 is 2.24 bits per heavy atom. The van der Waals surface area contributed by atoms with E-state index in [4.69, 9.17) is 9.47 Å². The van der Waals surface area contributed by atoms with Crippen molar-refractivity contribution in [2.75, 3.05) is 39.9 Å². The SMILES string of the molecule is CN(CCCOc1ccc(F)cc1)C(=O)C1CNCCO1. The number of likely N-dealkylation sites (N-methyl/N-ethyl adjacent to an activating group) is 1. The minimum absolute atomic E-state index is 0.0102. The number of morpholine rings is 1. The predicted molar refractivity (Wildman–Crippen MR) is 76.8 cm³/mol. The molecule has 1 fully saturated rings. The predicted octanol–water partition coefficient (Wildman–Crippen LogP) is 1.04. The molecule has 1 aliphatic heterocycles. The second-order valence-electron chi connectivity index (χ2n) is 4.98. The van der Waals surface area contributed by atoms with E-state index < -0.39 is 0 Å². The lowest BCUT2D eigenvalue weighted by Gasteiger charge is -2.27. The van der Waals surface area contributed by atoms with Gasteiger partial charge in [0.15, 0.2) is 0 Å². The van der Waals surface area contributed by atoms with Crippen LogP contribution < -0.4 is 10.1 Å². The van der Waals surface area contributed by atoms with Gasteiger partial charge in [0.1, 0.15) is 17.7 Å². The van der Waals surface area contributed by atoms with Crippen LogP contribution in [0.5, 0.6) is 5.75 Å². The first-order valence-electron chi connectivity index (χ1n) is 7.12. The van der Waals surface area contributed by atoms with Crippen LogP contribution in [0, 0.1) is 5.82 Å². The van der Waals surface area contributed by atoms with Crippen LogP contribution in [0.15, 0.2) is 24.3 Å². The maximum Gasteiger partial charge on any atom is 0.252 e. The third-order valence-corrected chi connectivity index (χ3v) is 3.30. The maximum atomic E-state index is 12.7. The summed E-state index contributed by atoms with van der Waals surface area (Å²) in [5.74, 6) is 0.336. The zero-order valence-electron chi connectivity index (χ0n) is 12.2. The van der Waals surface area contributed by atoms with Crippen molar-refractivity contribution in [3.05, 3.63) is 30.1 Å². The van der Waals surface area contributed by atoms with Gasteiger partial charge in [-0.2, -0.15) is 0 Å². The molecule has 0 spiro atoms. The van der Waals surface area contributed by atoms with Crippen molar-refractivity contribution in [2.45, 2.75) is 12.5 Å². The molecule has 0 bridgehead atoms. The van der Waals surface area contributed by atoms with E-state index in [9.17, 15) is 9.18 Å². The summed E-state index contributed by atoms with van der Waals surface area (Å²) >= 11 is 0. The van der Waals surface area contributed by atoms with Crippen LogP contribution >= 0.6 is 0 Å². The summed E-state index contributed by atoms with van der Waals surface area (Å²) in [6.07, 6.45) is 0.321. The average Bonchev–Trinajstić information content (AvgIpc) is 2.53. The molecule has 1 aromatic carbocycles. The highest BCUT2D eigenvalue weighted by molar-refractivity contribution is 5.81. The van der Waals surface area contributed by atoms with Crippen molar-refractivity contribution in [3.8, 4) is 5.75 Å². The van der Waals surface area contributed by atoms with Crippen molar-refractivity contribution in [2.24, 2.45) is 0 Å². The lowest BCUT2D eigenvalue weighted by atomic mass is 10.2. The normalized spacial score (nSPS) is 18.3. The monoisotopic (exact) mass is 296 g/mol. The van der Waals surface area contributed by atoms with Crippen LogP contribution in [0.2, 0.25) is 0 Å². The molecule has 1 unspecified atom stereocenters. The Kier molecular flexibility index (Phi) is 5.95. The van der Waals surface area contributed by atoms with Crippen LogP contribution in [0.4, 0.5) is 4.39 Å². The highest BCUT2D eigenvalue weighted by atomic mass is 19.1.